The molecule has 0 spiro atoms. The van der Waals surface area contributed by atoms with Gasteiger partial charge >= 0.3 is 0 Å². The molecule has 3 nitrogen and oxygen atoms in total. The fourth-order valence-corrected chi connectivity index (χ4v) is 2.08. The second kappa shape index (κ2) is 5.18. The average molecular weight is 231 g/mol. The molecule has 0 atom stereocenters. The molecule has 17 heavy (non-hydrogen) atoms. The SMILES string of the molecule is CCCC(C)(C)Nc1nc(C)cc(C)c1C#N. The summed E-state index contributed by atoms with van der Waals surface area (Å²) in [6.45, 7) is 10.3. The summed E-state index contributed by atoms with van der Waals surface area (Å²) in [5.74, 6) is 0.712. The Kier molecular flexibility index (Phi) is 4.11. The lowest BCUT2D eigenvalue weighted by Crippen LogP contribution is -2.31. The Labute approximate surface area is 104 Å². The summed E-state index contributed by atoms with van der Waals surface area (Å²) in [4.78, 5) is 4.44. The zero-order chi connectivity index (χ0) is 13.1. The lowest BCUT2D eigenvalue weighted by Gasteiger charge is -2.27. The predicted molar refractivity (Wildman–Crippen MR) is 71.0 cm³/mol. The summed E-state index contributed by atoms with van der Waals surface area (Å²) < 4.78 is 0. The van der Waals surface area contributed by atoms with Crippen LogP contribution in [0.3, 0.4) is 0 Å². The van der Waals surface area contributed by atoms with Crippen molar-refractivity contribution in [1.29, 1.82) is 5.26 Å². The van der Waals surface area contributed by atoms with Crippen LogP contribution in [0.2, 0.25) is 0 Å². The third kappa shape index (κ3) is 3.45. The number of aromatic nitrogens is 1. The van der Waals surface area contributed by atoms with Gasteiger partial charge < -0.3 is 5.32 Å². The lowest BCUT2D eigenvalue weighted by molar-refractivity contribution is 0.508. The van der Waals surface area contributed by atoms with Gasteiger partial charge in [-0.3, -0.25) is 0 Å². The molecule has 0 aliphatic rings. The molecule has 0 aliphatic carbocycles. The summed E-state index contributed by atoms with van der Waals surface area (Å²) in [5.41, 5.74) is 2.54. The molecule has 92 valence electrons. The Balaban J connectivity index is 3.10. The fraction of sp³-hybridized carbons (Fsp3) is 0.571. The average Bonchev–Trinajstić information content (AvgIpc) is 2.15. The normalized spacial score (nSPS) is 11.1. The Morgan fingerprint density at radius 2 is 2.06 bits per heavy atom. The van der Waals surface area contributed by atoms with Gasteiger partial charge in [-0.25, -0.2) is 4.98 Å². The number of aryl methyl sites for hydroxylation is 2. The number of hydrogen-bond donors (Lipinski definition) is 1. The highest BCUT2D eigenvalue weighted by Gasteiger charge is 2.19. The van der Waals surface area contributed by atoms with E-state index < -0.39 is 0 Å². The molecule has 3 heteroatoms. The van der Waals surface area contributed by atoms with Crippen molar-refractivity contribution < 1.29 is 0 Å². The van der Waals surface area contributed by atoms with Crippen LogP contribution in [0.1, 0.15) is 50.4 Å². The molecule has 0 bridgehead atoms. The van der Waals surface area contributed by atoms with E-state index in [1.807, 2.05) is 19.9 Å². The van der Waals surface area contributed by atoms with Crippen LogP contribution >= 0.6 is 0 Å². The van der Waals surface area contributed by atoms with Crippen LogP contribution < -0.4 is 5.32 Å². The number of hydrogen-bond acceptors (Lipinski definition) is 3. The van der Waals surface area contributed by atoms with E-state index in [1.165, 1.54) is 0 Å². The van der Waals surface area contributed by atoms with E-state index in [9.17, 15) is 5.26 Å². The largest absolute Gasteiger partial charge is 0.364 e. The van der Waals surface area contributed by atoms with E-state index in [1.54, 1.807) is 0 Å². The van der Waals surface area contributed by atoms with Crippen LogP contribution in [0.25, 0.3) is 0 Å². The van der Waals surface area contributed by atoms with Gasteiger partial charge in [0.05, 0.1) is 5.56 Å². The molecule has 1 N–H and O–H groups in total. The van der Waals surface area contributed by atoms with Crippen LogP contribution in [-0.2, 0) is 0 Å². The Morgan fingerprint density at radius 3 is 2.59 bits per heavy atom. The smallest absolute Gasteiger partial charge is 0.144 e. The molecule has 0 aliphatic heterocycles. The third-order valence-corrected chi connectivity index (χ3v) is 2.79. The minimum absolute atomic E-state index is 0.0341. The maximum atomic E-state index is 9.19. The topological polar surface area (TPSA) is 48.7 Å². The molecule has 0 unspecified atom stereocenters. The first kappa shape index (κ1) is 13.5. The summed E-state index contributed by atoms with van der Waals surface area (Å²) in [7, 11) is 0. The Hall–Kier alpha value is -1.56. The quantitative estimate of drug-likeness (QED) is 0.862. The minimum atomic E-state index is -0.0341. The molecular weight excluding hydrogens is 210 g/mol. The molecular formula is C14H21N3. The zero-order valence-corrected chi connectivity index (χ0v) is 11.4. The summed E-state index contributed by atoms with van der Waals surface area (Å²) in [6, 6.07) is 4.17. The van der Waals surface area contributed by atoms with Gasteiger partial charge in [-0.05, 0) is 45.7 Å². The highest BCUT2D eigenvalue weighted by molar-refractivity contribution is 5.57. The second-order valence-corrected chi connectivity index (χ2v) is 5.17. The van der Waals surface area contributed by atoms with E-state index >= 15 is 0 Å². The summed E-state index contributed by atoms with van der Waals surface area (Å²) in [6.07, 6.45) is 2.15. The van der Waals surface area contributed by atoms with Gasteiger partial charge in [-0.1, -0.05) is 13.3 Å². The molecule has 0 amide bonds. The highest BCUT2D eigenvalue weighted by Crippen LogP contribution is 2.23. The van der Waals surface area contributed by atoms with Gasteiger partial charge in [0.15, 0.2) is 0 Å². The van der Waals surface area contributed by atoms with Crippen molar-refractivity contribution in [3.8, 4) is 6.07 Å². The minimum Gasteiger partial charge on any atom is -0.364 e. The van der Waals surface area contributed by atoms with E-state index in [2.05, 4.69) is 37.1 Å². The molecule has 1 rings (SSSR count). The number of anilines is 1. The van der Waals surface area contributed by atoms with Crippen molar-refractivity contribution in [2.45, 2.75) is 53.0 Å². The number of rotatable bonds is 4. The third-order valence-electron chi connectivity index (χ3n) is 2.79. The van der Waals surface area contributed by atoms with Crippen LogP contribution in [-0.4, -0.2) is 10.5 Å². The molecule has 0 saturated heterocycles. The highest BCUT2D eigenvalue weighted by atomic mass is 15.0. The van der Waals surface area contributed by atoms with Gasteiger partial charge in [0.25, 0.3) is 0 Å². The second-order valence-electron chi connectivity index (χ2n) is 5.17. The molecule has 1 heterocycles. The molecule has 0 fully saturated rings. The zero-order valence-electron chi connectivity index (χ0n) is 11.4. The van der Waals surface area contributed by atoms with Crippen LogP contribution in [0.5, 0.6) is 0 Å². The Bertz CT molecular complexity index is 442. The summed E-state index contributed by atoms with van der Waals surface area (Å²) >= 11 is 0. The van der Waals surface area contributed by atoms with Gasteiger partial charge in [0, 0.05) is 11.2 Å². The first-order chi connectivity index (χ1) is 7.89. The summed E-state index contributed by atoms with van der Waals surface area (Å²) in [5, 5.41) is 12.6. The number of nitrogens with zero attached hydrogens (tertiary/aromatic N) is 2. The first-order valence-corrected chi connectivity index (χ1v) is 6.06. The van der Waals surface area contributed by atoms with Crippen molar-refractivity contribution in [3.05, 3.63) is 22.9 Å². The maximum Gasteiger partial charge on any atom is 0.144 e. The van der Waals surface area contributed by atoms with Crippen molar-refractivity contribution in [2.75, 3.05) is 5.32 Å². The van der Waals surface area contributed by atoms with E-state index in [-0.39, 0.29) is 5.54 Å². The number of nitrogens with one attached hydrogen (secondary N) is 1. The molecule has 1 aromatic heterocycles. The van der Waals surface area contributed by atoms with Gasteiger partial charge in [0.2, 0.25) is 0 Å². The molecule has 0 radical (unpaired) electrons. The first-order valence-electron chi connectivity index (χ1n) is 6.06. The monoisotopic (exact) mass is 231 g/mol. The maximum absolute atomic E-state index is 9.19. The number of pyridine rings is 1. The van der Waals surface area contributed by atoms with Crippen molar-refractivity contribution in [2.24, 2.45) is 0 Å². The van der Waals surface area contributed by atoms with Crippen LogP contribution in [0.4, 0.5) is 5.82 Å². The van der Waals surface area contributed by atoms with Crippen LogP contribution in [0.15, 0.2) is 6.07 Å². The predicted octanol–water partition coefficient (Wildman–Crippen LogP) is 3.56. The van der Waals surface area contributed by atoms with Crippen molar-refractivity contribution in [1.82, 2.24) is 4.98 Å². The van der Waals surface area contributed by atoms with Gasteiger partial charge in [-0.15, -0.1) is 0 Å². The van der Waals surface area contributed by atoms with Crippen molar-refractivity contribution in [3.63, 3.8) is 0 Å². The van der Waals surface area contributed by atoms with Gasteiger partial charge in [0.1, 0.15) is 11.9 Å². The van der Waals surface area contributed by atoms with Gasteiger partial charge in [-0.2, -0.15) is 5.26 Å². The van der Waals surface area contributed by atoms with Crippen LogP contribution in [0, 0.1) is 25.2 Å². The standard InChI is InChI=1S/C14H21N3/c1-6-7-14(4,5)17-13-12(9-15)10(2)8-11(3)16-13/h8H,6-7H2,1-5H3,(H,16,17). The molecule has 1 aromatic rings. The van der Waals surface area contributed by atoms with E-state index in [4.69, 9.17) is 0 Å². The fourth-order valence-electron chi connectivity index (χ4n) is 2.08. The number of nitriles is 1. The Morgan fingerprint density at radius 1 is 1.41 bits per heavy atom. The van der Waals surface area contributed by atoms with E-state index in [0.29, 0.717) is 11.4 Å². The molecule has 0 aromatic carbocycles. The van der Waals surface area contributed by atoms with E-state index in [0.717, 1.165) is 24.1 Å². The van der Waals surface area contributed by atoms with Crippen molar-refractivity contribution >= 4 is 5.82 Å². The molecule has 0 saturated carbocycles. The lowest BCUT2D eigenvalue weighted by atomic mass is 9.98.